The second-order valence-electron chi connectivity index (χ2n) is 6.20. The van der Waals surface area contributed by atoms with E-state index in [1.165, 1.54) is 6.07 Å². The zero-order valence-electron chi connectivity index (χ0n) is 12.5. The van der Waals surface area contributed by atoms with E-state index in [1.807, 2.05) is 26.8 Å². The van der Waals surface area contributed by atoms with Crippen LogP contribution in [0, 0.1) is 5.82 Å². The van der Waals surface area contributed by atoms with Crippen molar-refractivity contribution in [3.8, 4) is 0 Å². The summed E-state index contributed by atoms with van der Waals surface area (Å²) in [6.45, 7) is 7.16. The van der Waals surface area contributed by atoms with Crippen LogP contribution in [0.25, 0.3) is 0 Å². The van der Waals surface area contributed by atoms with E-state index in [2.05, 4.69) is 21.2 Å². The van der Waals surface area contributed by atoms with Crippen LogP contribution in [0.5, 0.6) is 0 Å². The first kappa shape index (κ1) is 16.2. The molecule has 0 spiro atoms. The van der Waals surface area contributed by atoms with Gasteiger partial charge in [-0.25, -0.2) is 9.18 Å². The minimum absolute atomic E-state index is 0.181. The highest BCUT2D eigenvalue weighted by Crippen LogP contribution is 2.17. The van der Waals surface area contributed by atoms with Crippen LogP contribution in [0.15, 0.2) is 22.7 Å². The van der Waals surface area contributed by atoms with Gasteiger partial charge in [-0.15, -0.1) is 0 Å². The molecule has 6 heteroatoms. The van der Waals surface area contributed by atoms with Crippen molar-refractivity contribution in [2.24, 2.45) is 0 Å². The number of nitrogens with one attached hydrogen (secondary N) is 1. The maximum absolute atomic E-state index is 13.7. The number of hydrogen-bond acceptors (Lipinski definition) is 3. The lowest BCUT2D eigenvalue weighted by Gasteiger charge is -2.40. The van der Waals surface area contributed by atoms with Crippen molar-refractivity contribution in [1.29, 1.82) is 0 Å². The lowest BCUT2D eigenvalue weighted by Crippen LogP contribution is -2.60. The van der Waals surface area contributed by atoms with Gasteiger partial charge in [0, 0.05) is 35.7 Å². The second kappa shape index (κ2) is 6.32. The summed E-state index contributed by atoms with van der Waals surface area (Å²) < 4.78 is 19.7. The van der Waals surface area contributed by atoms with Gasteiger partial charge >= 0.3 is 6.09 Å². The Hall–Kier alpha value is -1.14. The summed E-state index contributed by atoms with van der Waals surface area (Å²) in [4.78, 5) is 13.4. The molecule has 1 saturated heterocycles. The van der Waals surface area contributed by atoms with Crippen LogP contribution in [0.4, 0.5) is 9.18 Å². The average molecular weight is 359 g/mol. The van der Waals surface area contributed by atoms with Crippen molar-refractivity contribution < 1.29 is 13.9 Å². The third-order valence-corrected chi connectivity index (χ3v) is 3.62. The summed E-state index contributed by atoms with van der Waals surface area (Å²) >= 11 is 3.23. The Morgan fingerprint density at radius 3 is 2.71 bits per heavy atom. The maximum Gasteiger partial charge on any atom is 0.410 e. The first-order valence-electron chi connectivity index (χ1n) is 6.90. The van der Waals surface area contributed by atoms with Crippen LogP contribution in [-0.4, -0.2) is 35.7 Å². The van der Waals surface area contributed by atoms with E-state index in [-0.39, 0.29) is 18.0 Å². The Balaban J connectivity index is 1.75. The van der Waals surface area contributed by atoms with Gasteiger partial charge in [-0.05, 0) is 32.9 Å². The molecular formula is C15H20BrFN2O2. The fourth-order valence-electron chi connectivity index (χ4n) is 2.00. The minimum atomic E-state index is -0.476. The number of hydrogen-bond donors (Lipinski definition) is 1. The molecule has 2 rings (SSSR count). The number of benzene rings is 1. The van der Waals surface area contributed by atoms with Crippen LogP contribution in [-0.2, 0) is 11.3 Å². The van der Waals surface area contributed by atoms with Gasteiger partial charge in [0.15, 0.2) is 0 Å². The molecule has 0 aromatic heterocycles. The SMILES string of the molecule is CC(C)(C)OC(=O)N1CC(NCc2ccc(Br)cc2F)C1. The summed E-state index contributed by atoms with van der Waals surface area (Å²) in [5.41, 5.74) is 0.143. The molecule has 1 aromatic rings. The zero-order valence-corrected chi connectivity index (χ0v) is 14.0. The van der Waals surface area contributed by atoms with Crippen molar-refractivity contribution in [2.75, 3.05) is 13.1 Å². The second-order valence-corrected chi connectivity index (χ2v) is 7.11. The first-order chi connectivity index (χ1) is 9.74. The molecule has 1 aliphatic heterocycles. The van der Waals surface area contributed by atoms with Crippen molar-refractivity contribution in [1.82, 2.24) is 10.2 Å². The normalized spacial score (nSPS) is 15.8. The molecule has 0 bridgehead atoms. The summed E-state index contributed by atoms with van der Waals surface area (Å²) in [7, 11) is 0. The number of halogens is 2. The maximum atomic E-state index is 13.7. The Bertz CT molecular complexity index is 525. The molecule has 0 saturated carbocycles. The highest BCUT2D eigenvalue weighted by Gasteiger charge is 2.33. The van der Waals surface area contributed by atoms with E-state index in [1.54, 1.807) is 11.0 Å². The zero-order chi connectivity index (χ0) is 15.6. The van der Waals surface area contributed by atoms with Gasteiger partial charge in [0.2, 0.25) is 0 Å². The Morgan fingerprint density at radius 2 is 2.14 bits per heavy atom. The topological polar surface area (TPSA) is 41.6 Å². The van der Waals surface area contributed by atoms with Crippen LogP contribution in [0.1, 0.15) is 26.3 Å². The predicted octanol–water partition coefficient (Wildman–Crippen LogP) is 3.30. The number of rotatable bonds is 3. The van der Waals surface area contributed by atoms with Gasteiger partial charge in [-0.1, -0.05) is 22.0 Å². The monoisotopic (exact) mass is 358 g/mol. The molecule has 116 valence electrons. The third-order valence-electron chi connectivity index (χ3n) is 3.13. The molecule has 0 aliphatic carbocycles. The van der Waals surface area contributed by atoms with E-state index in [0.717, 1.165) is 4.47 Å². The molecule has 0 radical (unpaired) electrons. The quantitative estimate of drug-likeness (QED) is 0.901. The Kier molecular flexibility index (Phi) is 4.88. The van der Waals surface area contributed by atoms with Gasteiger partial charge in [-0.3, -0.25) is 0 Å². The summed E-state index contributed by atoms with van der Waals surface area (Å²) in [5, 5.41) is 3.24. The third kappa shape index (κ3) is 4.68. The van der Waals surface area contributed by atoms with Crippen LogP contribution < -0.4 is 5.32 Å². The Labute approximate surface area is 132 Å². The molecule has 4 nitrogen and oxygen atoms in total. The summed E-state index contributed by atoms with van der Waals surface area (Å²) in [5.74, 6) is -0.236. The van der Waals surface area contributed by atoms with Crippen LogP contribution in [0.3, 0.4) is 0 Å². The van der Waals surface area contributed by atoms with E-state index in [0.29, 0.717) is 25.2 Å². The van der Waals surface area contributed by atoms with Gasteiger partial charge in [-0.2, -0.15) is 0 Å². The summed E-state index contributed by atoms with van der Waals surface area (Å²) in [6.07, 6.45) is -0.296. The van der Waals surface area contributed by atoms with E-state index < -0.39 is 5.60 Å². The average Bonchev–Trinajstić information content (AvgIpc) is 2.27. The number of ether oxygens (including phenoxy) is 1. The van der Waals surface area contributed by atoms with Gasteiger partial charge < -0.3 is 15.0 Å². The fourth-order valence-corrected chi connectivity index (χ4v) is 2.34. The van der Waals surface area contributed by atoms with Crippen molar-refractivity contribution in [3.05, 3.63) is 34.1 Å². The molecule has 21 heavy (non-hydrogen) atoms. The van der Waals surface area contributed by atoms with Crippen LogP contribution in [0.2, 0.25) is 0 Å². The largest absolute Gasteiger partial charge is 0.444 e. The van der Waals surface area contributed by atoms with Crippen molar-refractivity contribution >= 4 is 22.0 Å². The number of amides is 1. The molecular weight excluding hydrogens is 339 g/mol. The minimum Gasteiger partial charge on any atom is -0.444 e. The van der Waals surface area contributed by atoms with Crippen molar-refractivity contribution in [2.45, 2.75) is 39.0 Å². The molecule has 1 N–H and O–H groups in total. The standard InChI is InChI=1S/C15H20BrFN2O2/c1-15(2,3)21-14(20)19-8-12(9-19)18-7-10-4-5-11(16)6-13(10)17/h4-6,12,18H,7-9H2,1-3H3. The van der Waals surface area contributed by atoms with E-state index in [4.69, 9.17) is 4.74 Å². The smallest absolute Gasteiger partial charge is 0.410 e. The Morgan fingerprint density at radius 1 is 1.48 bits per heavy atom. The van der Waals surface area contributed by atoms with Gasteiger partial charge in [0.25, 0.3) is 0 Å². The predicted molar refractivity (Wildman–Crippen MR) is 82.5 cm³/mol. The fraction of sp³-hybridized carbons (Fsp3) is 0.533. The molecule has 1 aliphatic rings. The number of nitrogens with zero attached hydrogens (tertiary/aromatic N) is 1. The summed E-state index contributed by atoms with van der Waals surface area (Å²) in [6, 6.07) is 5.19. The molecule has 0 atom stereocenters. The highest BCUT2D eigenvalue weighted by atomic mass is 79.9. The molecule has 0 unspecified atom stereocenters. The van der Waals surface area contributed by atoms with Crippen molar-refractivity contribution in [3.63, 3.8) is 0 Å². The molecule has 1 aromatic carbocycles. The van der Waals surface area contributed by atoms with Gasteiger partial charge in [0.1, 0.15) is 11.4 Å². The highest BCUT2D eigenvalue weighted by molar-refractivity contribution is 9.10. The van der Waals surface area contributed by atoms with E-state index >= 15 is 0 Å². The first-order valence-corrected chi connectivity index (χ1v) is 7.69. The van der Waals surface area contributed by atoms with E-state index in [9.17, 15) is 9.18 Å². The lowest BCUT2D eigenvalue weighted by atomic mass is 10.1. The number of likely N-dealkylation sites (tertiary alicyclic amines) is 1. The number of carbonyl (C=O) groups is 1. The number of carbonyl (C=O) groups excluding carboxylic acids is 1. The molecule has 1 heterocycles. The molecule has 1 amide bonds. The molecule has 1 fully saturated rings. The van der Waals surface area contributed by atoms with Gasteiger partial charge in [0.05, 0.1) is 0 Å². The lowest BCUT2D eigenvalue weighted by molar-refractivity contribution is 0.00515. The van der Waals surface area contributed by atoms with Crippen LogP contribution >= 0.6 is 15.9 Å².